The zero-order valence-corrected chi connectivity index (χ0v) is 9.78. The molecule has 18 heavy (non-hydrogen) atoms. The molecule has 0 saturated carbocycles. The average Bonchev–Trinajstić information content (AvgIpc) is 2.34. The fourth-order valence-corrected chi connectivity index (χ4v) is 1.44. The van der Waals surface area contributed by atoms with Crippen LogP contribution in [-0.4, -0.2) is 15.9 Å². The lowest BCUT2D eigenvalue weighted by atomic mass is 10.3. The summed E-state index contributed by atoms with van der Waals surface area (Å²) in [5, 5.41) is 2.43. The number of anilines is 2. The number of aromatic nitrogens is 2. The smallest absolute Gasteiger partial charge is 0.275 e. The molecular weight excluding hydrogens is 259 g/mol. The van der Waals surface area contributed by atoms with Crippen LogP contribution in [0.1, 0.15) is 10.5 Å². The van der Waals surface area contributed by atoms with Gasteiger partial charge in [-0.05, 0) is 18.2 Å². The summed E-state index contributed by atoms with van der Waals surface area (Å²) in [4.78, 5) is 19.3. The van der Waals surface area contributed by atoms with Crippen molar-refractivity contribution >= 4 is 29.0 Å². The number of carbonyl (C=O) groups excluding carboxylic acids is 1. The van der Waals surface area contributed by atoms with Crippen molar-refractivity contribution in [2.75, 3.05) is 11.1 Å². The summed E-state index contributed by atoms with van der Waals surface area (Å²) in [6, 6.07) is 3.84. The molecule has 0 fully saturated rings. The third kappa shape index (κ3) is 2.72. The third-order valence-corrected chi connectivity index (χ3v) is 2.35. The van der Waals surface area contributed by atoms with E-state index in [9.17, 15) is 9.18 Å². The summed E-state index contributed by atoms with van der Waals surface area (Å²) in [6.07, 6.45) is 2.60. The molecule has 5 nitrogen and oxygen atoms in total. The molecule has 0 aliphatic carbocycles. The van der Waals surface area contributed by atoms with Gasteiger partial charge in [0.1, 0.15) is 17.3 Å². The third-order valence-electron chi connectivity index (χ3n) is 2.06. The first-order valence-corrected chi connectivity index (χ1v) is 5.28. The van der Waals surface area contributed by atoms with Crippen LogP contribution in [0.15, 0.2) is 30.6 Å². The van der Waals surface area contributed by atoms with Gasteiger partial charge in [0.25, 0.3) is 5.91 Å². The topological polar surface area (TPSA) is 80.9 Å². The number of rotatable bonds is 2. The number of amides is 1. The molecule has 0 unspecified atom stereocenters. The van der Waals surface area contributed by atoms with Gasteiger partial charge in [-0.2, -0.15) is 0 Å². The van der Waals surface area contributed by atoms with Gasteiger partial charge in [0, 0.05) is 5.69 Å². The number of hydrogen-bond donors (Lipinski definition) is 2. The minimum Gasteiger partial charge on any atom is -0.382 e. The summed E-state index contributed by atoms with van der Waals surface area (Å²) in [6.45, 7) is 0. The number of hydrogen-bond acceptors (Lipinski definition) is 4. The quantitative estimate of drug-likeness (QED) is 0.872. The van der Waals surface area contributed by atoms with Crippen LogP contribution in [0.2, 0.25) is 5.02 Å². The van der Waals surface area contributed by atoms with Crippen molar-refractivity contribution in [3.05, 3.63) is 47.1 Å². The van der Waals surface area contributed by atoms with Crippen molar-refractivity contribution in [1.29, 1.82) is 0 Å². The molecule has 0 aliphatic rings. The Balaban J connectivity index is 2.18. The maximum atomic E-state index is 12.9. The van der Waals surface area contributed by atoms with Gasteiger partial charge < -0.3 is 11.1 Å². The molecule has 0 aliphatic heterocycles. The molecule has 3 N–H and O–H groups in total. The SMILES string of the molecule is Nc1cncc(C(=O)Nc2ccc(F)c(Cl)c2)n1. The first-order chi connectivity index (χ1) is 8.56. The minimum atomic E-state index is -0.557. The Hall–Kier alpha value is -2.21. The zero-order chi connectivity index (χ0) is 13.1. The Morgan fingerprint density at radius 1 is 1.39 bits per heavy atom. The fourth-order valence-electron chi connectivity index (χ4n) is 1.26. The number of nitrogens with two attached hydrogens (primary N) is 1. The lowest BCUT2D eigenvalue weighted by molar-refractivity contribution is 0.102. The fraction of sp³-hybridized carbons (Fsp3) is 0. The van der Waals surface area contributed by atoms with E-state index in [0.717, 1.165) is 6.07 Å². The number of nitrogen functional groups attached to an aromatic ring is 1. The van der Waals surface area contributed by atoms with E-state index in [-0.39, 0.29) is 16.5 Å². The Morgan fingerprint density at radius 3 is 2.83 bits per heavy atom. The summed E-state index contributed by atoms with van der Waals surface area (Å²) in [7, 11) is 0. The number of carbonyl (C=O) groups is 1. The Labute approximate surface area is 107 Å². The van der Waals surface area contributed by atoms with E-state index in [4.69, 9.17) is 17.3 Å². The second-order valence-corrected chi connectivity index (χ2v) is 3.82. The molecule has 0 atom stereocenters. The average molecular weight is 267 g/mol. The Bertz CT molecular complexity index is 605. The van der Waals surface area contributed by atoms with Gasteiger partial charge in [0.05, 0.1) is 17.4 Å². The van der Waals surface area contributed by atoms with Crippen LogP contribution >= 0.6 is 11.6 Å². The highest BCUT2D eigenvalue weighted by Gasteiger charge is 2.09. The van der Waals surface area contributed by atoms with Crippen molar-refractivity contribution in [2.45, 2.75) is 0 Å². The molecule has 0 radical (unpaired) electrons. The number of benzene rings is 1. The van der Waals surface area contributed by atoms with E-state index in [2.05, 4.69) is 15.3 Å². The number of halogens is 2. The summed E-state index contributed by atoms with van der Waals surface area (Å²) in [5.41, 5.74) is 5.83. The Kier molecular flexibility index (Phi) is 3.38. The molecule has 7 heteroatoms. The highest BCUT2D eigenvalue weighted by atomic mass is 35.5. The normalized spacial score (nSPS) is 10.1. The van der Waals surface area contributed by atoms with E-state index in [1.54, 1.807) is 0 Å². The number of nitrogens with zero attached hydrogens (tertiary/aromatic N) is 2. The lowest BCUT2D eigenvalue weighted by Gasteiger charge is -2.05. The summed E-state index contributed by atoms with van der Waals surface area (Å²) >= 11 is 5.59. The molecule has 0 spiro atoms. The van der Waals surface area contributed by atoms with Crippen molar-refractivity contribution in [1.82, 2.24) is 9.97 Å². The van der Waals surface area contributed by atoms with Gasteiger partial charge >= 0.3 is 0 Å². The van der Waals surface area contributed by atoms with Crippen molar-refractivity contribution in [2.24, 2.45) is 0 Å². The molecular formula is C11H8ClFN4O. The summed E-state index contributed by atoms with van der Waals surface area (Å²) in [5.74, 6) is -0.921. The second-order valence-electron chi connectivity index (χ2n) is 3.41. The Morgan fingerprint density at radius 2 is 2.17 bits per heavy atom. The largest absolute Gasteiger partial charge is 0.382 e. The standard InChI is InChI=1S/C11H8ClFN4O/c12-7-3-6(1-2-8(7)13)16-11(18)9-4-15-5-10(14)17-9/h1-5H,(H2,14,17)(H,16,18). The van der Waals surface area contributed by atoms with E-state index in [0.29, 0.717) is 5.69 Å². The van der Waals surface area contributed by atoms with Crippen LogP contribution in [0.5, 0.6) is 0 Å². The van der Waals surface area contributed by atoms with Crippen LogP contribution in [-0.2, 0) is 0 Å². The van der Waals surface area contributed by atoms with Crippen LogP contribution in [0.25, 0.3) is 0 Å². The van der Waals surface area contributed by atoms with E-state index in [1.165, 1.54) is 24.5 Å². The van der Waals surface area contributed by atoms with Gasteiger partial charge in [-0.1, -0.05) is 11.6 Å². The molecule has 0 saturated heterocycles. The van der Waals surface area contributed by atoms with Gasteiger partial charge in [0.2, 0.25) is 0 Å². The van der Waals surface area contributed by atoms with Crippen molar-refractivity contribution in [3.63, 3.8) is 0 Å². The van der Waals surface area contributed by atoms with Crippen LogP contribution in [0.3, 0.4) is 0 Å². The molecule has 2 aromatic rings. The molecule has 1 heterocycles. The van der Waals surface area contributed by atoms with Gasteiger partial charge in [-0.3, -0.25) is 9.78 Å². The molecule has 2 rings (SSSR count). The van der Waals surface area contributed by atoms with Crippen LogP contribution < -0.4 is 11.1 Å². The monoisotopic (exact) mass is 266 g/mol. The van der Waals surface area contributed by atoms with Crippen molar-refractivity contribution < 1.29 is 9.18 Å². The van der Waals surface area contributed by atoms with E-state index >= 15 is 0 Å². The zero-order valence-electron chi connectivity index (χ0n) is 9.02. The molecule has 92 valence electrons. The minimum absolute atomic E-state index is 0.0652. The first-order valence-electron chi connectivity index (χ1n) is 4.90. The number of nitrogens with one attached hydrogen (secondary N) is 1. The highest BCUT2D eigenvalue weighted by Crippen LogP contribution is 2.19. The van der Waals surface area contributed by atoms with Crippen LogP contribution in [0, 0.1) is 5.82 Å². The predicted octanol–water partition coefficient (Wildman–Crippen LogP) is 2.10. The van der Waals surface area contributed by atoms with Gasteiger partial charge in [0.15, 0.2) is 0 Å². The van der Waals surface area contributed by atoms with Crippen LogP contribution in [0.4, 0.5) is 15.9 Å². The first kappa shape index (κ1) is 12.3. The van der Waals surface area contributed by atoms with E-state index < -0.39 is 11.7 Å². The maximum Gasteiger partial charge on any atom is 0.275 e. The predicted molar refractivity (Wildman–Crippen MR) is 65.8 cm³/mol. The molecule has 1 aromatic carbocycles. The van der Waals surface area contributed by atoms with Crippen molar-refractivity contribution in [3.8, 4) is 0 Å². The lowest BCUT2D eigenvalue weighted by Crippen LogP contribution is -2.14. The van der Waals surface area contributed by atoms with E-state index in [1.807, 2.05) is 0 Å². The highest BCUT2D eigenvalue weighted by molar-refractivity contribution is 6.31. The summed E-state index contributed by atoms with van der Waals surface area (Å²) < 4.78 is 12.9. The second kappa shape index (κ2) is 4.97. The van der Waals surface area contributed by atoms with Gasteiger partial charge in [-0.25, -0.2) is 9.37 Å². The molecule has 1 aromatic heterocycles. The van der Waals surface area contributed by atoms with Gasteiger partial charge in [-0.15, -0.1) is 0 Å². The maximum absolute atomic E-state index is 12.9. The molecule has 1 amide bonds. The molecule has 0 bridgehead atoms.